The first-order chi connectivity index (χ1) is 14.1. The minimum atomic E-state index is -0.779. The van der Waals surface area contributed by atoms with E-state index >= 15 is 0 Å². The van der Waals surface area contributed by atoms with Crippen molar-refractivity contribution in [3.05, 3.63) is 47.8 Å². The fraction of sp³-hybridized carbons (Fsp3) is 0.571. The second-order valence-corrected chi connectivity index (χ2v) is 8.29. The number of carbonyl (C=O) groups excluding carboxylic acids is 1. The maximum Gasteiger partial charge on any atom is 0.273 e. The van der Waals surface area contributed by atoms with Crippen LogP contribution in [-0.2, 0) is 13.1 Å². The second-order valence-electron chi connectivity index (χ2n) is 8.29. The predicted octanol–water partition coefficient (Wildman–Crippen LogP) is 0.787. The fourth-order valence-corrected chi connectivity index (χ4v) is 4.17. The summed E-state index contributed by atoms with van der Waals surface area (Å²) in [6.07, 6.45) is 4.85. The fourth-order valence-electron chi connectivity index (χ4n) is 4.17. The van der Waals surface area contributed by atoms with Crippen molar-refractivity contribution < 1.29 is 9.90 Å². The average Bonchev–Trinajstić information content (AvgIpc) is 3.19. The first kappa shape index (κ1) is 20.0. The molecule has 3 N–H and O–H groups in total. The number of carbonyl (C=O) groups is 1. The molecule has 1 amide bonds. The lowest BCUT2D eigenvalue weighted by molar-refractivity contribution is -0.00866. The Morgan fingerprint density at radius 3 is 2.66 bits per heavy atom. The van der Waals surface area contributed by atoms with Crippen LogP contribution in [0.2, 0.25) is 0 Å². The van der Waals surface area contributed by atoms with Gasteiger partial charge in [-0.1, -0.05) is 35.5 Å². The molecule has 0 atom stereocenters. The summed E-state index contributed by atoms with van der Waals surface area (Å²) < 4.78 is 1.59. The van der Waals surface area contributed by atoms with E-state index in [1.165, 1.54) is 5.56 Å². The van der Waals surface area contributed by atoms with E-state index in [1.54, 1.807) is 10.9 Å². The Bertz CT molecular complexity index is 795. The molecule has 8 heteroatoms. The molecule has 4 rings (SSSR count). The molecule has 0 unspecified atom stereocenters. The van der Waals surface area contributed by atoms with E-state index in [0.29, 0.717) is 25.1 Å². The normalized spacial score (nSPS) is 20.4. The molecule has 29 heavy (non-hydrogen) atoms. The average molecular weight is 399 g/mol. The van der Waals surface area contributed by atoms with Gasteiger partial charge in [-0.2, -0.15) is 0 Å². The van der Waals surface area contributed by atoms with E-state index in [4.69, 9.17) is 0 Å². The van der Waals surface area contributed by atoms with Crippen molar-refractivity contribution >= 4 is 5.91 Å². The minimum Gasteiger partial charge on any atom is -0.388 e. The highest BCUT2D eigenvalue weighted by Gasteiger charge is 2.30. The van der Waals surface area contributed by atoms with Crippen molar-refractivity contribution in [2.45, 2.75) is 50.4 Å². The third-order valence-corrected chi connectivity index (χ3v) is 5.93. The summed E-state index contributed by atoms with van der Waals surface area (Å²) >= 11 is 0. The number of amides is 1. The van der Waals surface area contributed by atoms with Crippen molar-refractivity contribution in [3.63, 3.8) is 0 Å². The second kappa shape index (κ2) is 9.02. The molecule has 0 radical (unpaired) electrons. The standard InChI is InChI=1S/C21H30N6O2/c28-20(19-15-27(25-24-19)16-21(29)8-10-22-11-9-21)23-18-6-12-26(13-7-18)14-17-4-2-1-3-5-17/h1-5,15,18,22,29H,6-14,16H2,(H,23,28). The summed E-state index contributed by atoms with van der Waals surface area (Å²) in [5, 5.41) is 25.0. The lowest BCUT2D eigenvalue weighted by Crippen LogP contribution is -2.45. The Balaban J connectivity index is 1.24. The molecular formula is C21H30N6O2. The molecule has 156 valence electrons. The number of hydrogen-bond acceptors (Lipinski definition) is 6. The molecular weight excluding hydrogens is 368 g/mol. The summed E-state index contributed by atoms with van der Waals surface area (Å²) in [5.41, 5.74) is 0.856. The number of benzene rings is 1. The molecule has 1 aromatic heterocycles. The third-order valence-electron chi connectivity index (χ3n) is 5.93. The highest BCUT2D eigenvalue weighted by molar-refractivity contribution is 5.92. The Kier molecular flexibility index (Phi) is 6.22. The van der Waals surface area contributed by atoms with E-state index in [0.717, 1.165) is 45.6 Å². The molecule has 2 aromatic rings. The largest absolute Gasteiger partial charge is 0.388 e. The molecule has 2 aliphatic rings. The molecule has 2 aliphatic heterocycles. The van der Waals surface area contributed by atoms with Gasteiger partial charge in [-0.25, -0.2) is 4.68 Å². The number of aromatic nitrogens is 3. The number of aliphatic hydroxyl groups is 1. The molecule has 2 saturated heterocycles. The van der Waals surface area contributed by atoms with Crippen molar-refractivity contribution in [2.24, 2.45) is 0 Å². The van der Waals surface area contributed by atoms with Gasteiger partial charge in [0.05, 0.1) is 18.3 Å². The van der Waals surface area contributed by atoms with Gasteiger partial charge in [0.15, 0.2) is 5.69 Å². The topological polar surface area (TPSA) is 95.3 Å². The van der Waals surface area contributed by atoms with Crippen LogP contribution in [0.5, 0.6) is 0 Å². The Morgan fingerprint density at radius 2 is 1.93 bits per heavy atom. The van der Waals surface area contributed by atoms with Gasteiger partial charge in [0, 0.05) is 25.7 Å². The number of nitrogens with one attached hydrogen (secondary N) is 2. The first-order valence-electron chi connectivity index (χ1n) is 10.5. The number of piperidine rings is 2. The SMILES string of the molecule is O=C(NC1CCN(Cc2ccccc2)CC1)c1cn(CC2(O)CCNCC2)nn1. The summed E-state index contributed by atoms with van der Waals surface area (Å²) in [7, 11) is 0. The Hall–Kier alpha value is -2.29. The van der Waals surface area contributed by atoms with Gasteiger partial charge >= 0.3 is 0 Å². The van der Waals surface area contributed by atoms with Gasteiger partial charge in [-0.3, -0.25) is 9.69 Å². The van der Waals surface area contributed by atoms with Crippen molar-refractivity contribution in [2.75, 3.05) is 26.2 Å². The van der Waals surface area contributed by atoms with Crippen LogP contribution in [-0.4, -0.2) is 68.7 Å². The van der Waals surface area contributed by atoms with E-state index in [1.807, 2.05) is 6.07 Å². The summed E-state index contributed by atoms with van der Waals surface area (Å²) in [6, 6.07) is 10.6. The molecule has 0 spiro atoms. The Morgan fingerprint density at radius 1 is 1.21 bits per heavy atom. The van der Waals surface area contributed by atoms with Gasteiger partial charge in [0.2, 0.25) is 0 Å². The van der Waals surface area contributed by atoms with Gasteiger partial charge in [0.25, 0.3) is 5.91 Å². The van der Waals surface area contributed by atoms with Crippen molar-refractivity contribution in [1.82, 2.24) is 30.5 Å². The molecule has 2 fully saturated rings. The number of rotatable bonds is 6. The van der Waals surface area contributed by atoms with Crippen LogP contribution in [0.1, 0.15) is 41.7 Å². The van der Waals surface area contributed by atoms with Gasteiger partial charge < -0.3 is 15.7 Å². The molecule has 0 saturated carbocycles. The maximum absolute atomic E-state index is 12.6. The van der Waals surface area contributed by atoms with Crippen molar-refractivity contribution in [3.8, 4) is 0 Å². The van der Waals surface area contributed by atoms with Crippen LogP contribution in [0.4, 0.5) is 0 Å². The van der Waals surface area contributed by atoms with E-state index < -0.39 is 5.60 Å². The third kappa shape index (κ3) is 5.41. The number of nitrogens with zero attached hydrogens (tertiary/aromatic N) is 4. The Labute approximate surface area is 171 Å². The summed E-state index contributed by atoms with van der Waals surface area (Å²) in [5.74, 6) is -0.185. The molecule has 3 heterocycles. The minimum absolute atomic E-state index is 0.160. The van der Waals surface area contributed by atoms with E-state index in [2.05, 4.69) is 50.1 Å². The van der Waals surface area contributed by atoms with Gasteiger partial charge in [0.1, 0.15) is 0 Å². The zero-order chi connectivity index (χ0) is 20.1. The zero-order valence-corrected chi connectivity index (χ0v) is 16.8. The van der Waals surface area contributed by atoms with Crippen LogP contribution < -0.4 is 10.6 Å². The van der Waals surface area contributed by atoms with Crippen LogP contribution in [0.3, 0.4) is 0 Å². The van der Waals surface area contributed by atoms with Gasteiger partial charge in [-0.05, 0) is 44.3 Å². The molecule has 8 nitrogen and oxygen atoms in total. The maximum atomic E-state index is 12.6. The number of likely N-dealkylation sites (tertiary alicyclic amines) is 1. The van der Waals surface area contributed by atoms with Crippen LogP contribution in [0.15, 0.2) is 36.5 Å². The molecule has 1 aromatic carbocycles. The van der Waals surface area contributed by atoms with Crippen LogP contribution in [0, 0.1) is 0 Å². The predicted molar refractivity (Wildman–Crippen MR) is 109 cm³/mol. The summed E-state index contributed by atoms with van der Waals surface area (Å²) in [6.45, 7) is 4.84. The van der Waals surface area contributed by atoms with Crippen molar-refractivity contribution in [1.29, 1.82) is 0 Å². The molecule has 0 bridgehead atoms. The smallest absolute Gasteiger partial charge is 0.273 e. The van der Waals surface area contributed by atoms with Gasteiger partial charge in [-0.15, -0.1) is 5.10 Å². The van der Waals surface area contributed by atoms with Crippen LogP contribution >= 0.6 is 0 Å². The monoisotopic (exact) mass is 398 g/mol. The summed E-state index contributed by atoms with van der Waals surface area (Å²) in [4.78, 5) is 15.0. The quantitative estimate of drug-likeness (QED) is 0.666. The number of hydrogen-bond donors (Lipinski definition) is 3. The zero-order valence-electron chi connectivity index (χ0n) is 16.8. The lowest BCUT2D eigenvalue weighted by atomic mass is 9.92. The van der Waals surface area contributed by atoms with E-state index in [9.17, 15) is 9.90 Å². The first-order valence-corrected chi connectivity index (χ1v) is 10.5. The van der Waals surface area contributed by atoms with E-state index in [-0.39, 0.29) is 11.9 Å². The van der Waals surface area contributed by atoms with Crippen LogP contribution in [0.25, 0.3) is 0 Å². The lowest BCUT2D eigenvalue weighted by Gasteiger charge is -2.32. The molecule has 0 aliphatic carbocycles. The highest BCUT2D eigenvalue weighted by atomic mass is 16.3. The highest BCUT2D eigenvalue weighted by Crippen LogP contribution is 2.20.